The molecule has 9 heteroatoms. The number of anilines is 2. The maximum atomic E-state index is 13.9. The highest BCUT2D eigenvalue weighted by molar-refractivity contribution is 7.96. The van der Waals surface area contributed by atoms with E-state index >= 15 is 0 Å². The lowest BCUT2D eigenvalue weighted by atomic mass is 10.1. The summed E-state index contributed by atoms with van der Waals surface area (Å²) in [6.07, 6.45) is 3.76. The molecule has 5 nitrogen and oxygen atoms in total. The van der Waals surface area contributed by atoms with Gasteiger partial charge in [-0.05, 0) is 55.7 Å². The number of rotatable bonds is 2. The summed E-state index contributed by atoms with van der Waals surface area (Å²) < 4.78 is 53.8. The Balaban J connectivity index is 1.89. The summed E-state index contributed by atoms with van der Waals surface area (Å²) in [6, 6.07) is 7.02. The van der Waals surface area contributed by atoms with Gasteiger partial charge in [0.15, 0.2) is 4.91 Å². The highest BCUT2D eigenvalue weighted by Gasteiger charge is 2.38. The Morgan fingerprint density at radius 3 is 2.41 bits per heavy atom. The first-order chi connectivity index (χ1) is 13.8. The second-order valence-corrected chi connectivity index (χ2v) is 9.22. The zero-order chi connectivity index (χ0) is 20.8. The van der Waals surface area contributed by atoms with Crippen LogP contribution < -0.4 is 4.90 Å². The molecular weight excluding hydrogens is 422 g/mol. The maximum absolute atomic E-state index is 13.9. The zero-order valence-electron chi connectivity index (χ0n) is 15.2. The first-order valence-corrected chi connectivity index (χ1v) is 10.9. The number of halogens is 3. The van der Waals surface area contributed by atoms with Crippen molar-refractivity contribution in [3.8, 4) is 0 Å². The molecule has 2 aromatic carbocycles. The molecule has 0 radical (unpaired) electrons. The number of likely N-dealkylation sites (tertiary alicyclic amines) is 1. The minimum absolute atomic E-state index is 0.0304. The van der Waals surface area contributed by atoms with Crippen LogP contribution in [-0.4, -0.2) is 32.3 Å². The summed E-state index contributed by atoms with van der Waals surface area (Å²) in [5, 5.41) is -0.175. The van der Waals surface area contributed by atoms with Crippen LogP contribution in [0.1, 0.15) is 19.3 Å². The molecule has 0 bridgehead atoms. The SMILES string of the molecule is O=C(C1=CN(c2ccc(F)c(Cl)c2)c2cc(F)ccc2S1(=O)=O)N1CCCCC1. The van der Waals surface area contributed by atoms with Crippen LogP contribution in [0.15, 0.2) is 52.4 Å². The zero-order valence-corrected chi connectivity index (χ0v) is 16.8. The molecule has 1 saturated heterocycles. The Labute approximate surface area is 172 Å². The van der Waals surface area contributed by atoms with Gasteiger partial charge in [0.2, 0.25) is 9.84 Å². The summed E-state index contributed by atoms with van der Waals surface area (Å²) in [5.41, 5.74) is 0.338. The molecule has 2 heterocycles. The van der Waals surface area contributed by atoms with Gasteiger partial charge in [0.25, 0.3) is 5.91 Å². The van der Waals surface area contributed by atoms with Crippen molar-refractivity contribution in [1.82, 2.24) is 4.90 Å². The lowest BCUT2D eigenvalue weighted by Crippen LogP contribution is -2.39. The van der Waals surface area contributed by atoms with Crippen LogP contribution in [0.25, 0.3) is 0 Å². The smallest absolute Gasteiger partial charge is 0.267 e. The molecule has 2 aromatic rings. The Hall–Kier alpha value is -2.45. The van der Waals surface area contributed by atoms with E-state index in [1.165, 1.54) is 21.9 Å². The van der Waals surface area contributed by atoms with Crippen molar-refractivity contribution < 1.29 is 22.0 Å². The Bertz CT molecular complexity index is 1130. The van der Waals surface area contributed by atoms with Crippen molar-refractivity contribution in [1.29, 1.82) is 0 Å². The lowest BCUT2D eigenvalue weighted by Gasteiger charge is -2.32. The molecule has 2 aliphatic rings. The lowest BCUT2D eigenvalue weighted by molar-refractivity contribution is -0.127. The van der Waals surface area contributed by atoms with Crippen LogP contribution in [0.5, 0.6) is 0 Å². The van der Waals surface area contributed by atoms with E-state index in [1.54, 1.807) is 0 Å². The third kappa shape index (κ3) is 3.51. The third-order valence-electron chi connectivity index (χ3n) is 5.04. The maximum Gasteiger partial charge on any atom is 0.267 e. The number of hydrogen-bond acceptors (Lipinski definition) is 4. The summed E-state index contributed by atoms with van der Waals surface area (Å²) in [5.74, 6) is -1.89. The summed E-state index contributed by atoms with van der Waals surface area (Å²) in [7, 11) is -4.15. The van der Waals surface area contributed by atoms with Gasteiger partial charge in [-0.25, -0.2) is 17.2 Å². The monoisotopic (exact) mass is 438 g/mol. The van der Waals surface area contributed by atoms with E-state index in [-0.39, 0.29) is 15.6 Å². The molecule has 2 aliphatic heterocycles. The molecule has 1 fully saturated rings. The number of carbonyl (C=O) groups excluding carboxylic acids is 1. The summed E-state index contributed by atoms with van der Waals surface area (Å²) in [4.78, 5) is 15.3. The minimum Gasteiger partial charge on any atom is -0.338 e. The number of carbonyl (C=O) groups is 1. The van der Waals surface area contributed by atoms with Gasteiger partial charge in [0.05, 0.1) is 15.6 Å². The molecule has 29 heavy (non-hydrogen) atoms. The van der Waals surface area contributed by atoms with Gasteiger partial charge in [0, 0.05) is 25.0 Å². The predicted octanol–water partition coefficient (Wildman–Crippen LogP) is 4.40. The number of benzene rings is 2. The van der Waals surface area contributed by atoms with Gasteiger partial charge in [0.1, 0.15) is 11.6 Å². The van der Waals surface area contributed by atoms with Gasteiger partial charge in [-0.15, -0.1) is 0 Å². The third-order valence-corrected chi connectivity index (χ3v) is 7.11. The molecule has 0 unspecified atom stereocenters. The van der Waals surface area contributed by atoms with E-state index in [1.807, 2.05) is 0 Å². The van der Waals surface area contributed by atoms with Crippen LogP contribution in [0.2, 0.25) is 5.02 Å². The first kappa shape index (κ1) is 19.8. The van der Waals surface area contributed by atoms with E-state index in [9.17, 15) is 22.0 Å². The second kappa shape index (κ2) is 7.42. The fourth-order valence-corrected chi connectivity index (χ4v) is 5.25. The van der Waals surface area contributed by atoms with E-state index < -0.39 is 32.3 Å². The molecule has 0 aliphatic carbocycles. The van der Waals surface area contributed by atoms with E-state index in [0.29, 0.717) is 18.8 Å². The number of sulfone groups is 1. The van der Waals surface area contributed by atoms with Gasteiger partial charge in [-0.2, -0.15) is 0 Å². The molecule has 152 valence electrons. The predicted molar refractivity (Wildman–Crippen MR) is 106 cm³/mol. The minimum atomic E-state index is -4.15. The Kier molecular flexibility index (Phi) is 5.08. The number of piperidine rings is 1. The largest absolute Gasteiger partial charge is 0.338 e. The molecule has 0 saturated carbocycles. The molecule has 1 amide bonds. The normalized spacial score (nSPS) is 18.2. The van der Waals surface area contributed by atoms with Crippen molar-refractivity contribution in [2.75, 3.05) is 18.0 Å². The van der Waals surface area contributed by atoms with E-state index in [0.717, 1.165) is 49.7 Å². The average molecular weight is 439 g/mol. The van der Waals surface area contributed by atoms with E-state index in [2.05, 4.69) is 0 Å². The fourth-order valence-electron chi connectivity index (χ4n) is 3.55. The Morgan fingerprint density at radius 2 is 1.72 bits per heavy atom. The van der Waals surface area contributed by atoms with Crippen LogP contribution in [-0.2, 0) is 14.6 Å². The quantitative estimate of drug-likeness (QED) is 0.652. The molecular formula is C20H17ClF2N2O3S. The number of amides is 1. The van der Waals surface area contributed by atoms with Gasteiger partial charge < -0.3 is 9.80 Å². The topological polar surface area (TPSA) is 57.7 Å². The van der Waals surface area contributed by atoms with Crippen molar-refractivity contribution >= 4 is 38.7 Å². The van der Waals surface area contributed by atoms with Crippen LogP contribution in [0.4, 0.5) is 20.2 Å². The standard InChI is InChI=1S/C20H17ClF2N2O3S/c21-15-11-14(5-6-16(15)23)25-12-19(20(26)24-8-2-1-3-9-24)29(27,28)18-7-4-13(22)10-17(18)25/h4-7,10-12H,1-3,8-9H2. The molecule has 0 spiro atoms. The van der Waals surface area contributed by atoms with Gasteiger partial charge in [-0.1, -0.05) is 11.6 Å². The van der Waals surface area contributed by atoms with Crippen LogP contribution in [0, 0.1) is 11.6 Å². The van der Waals surface area contributed by atoms with Crippen molar-refractivity contribution in [2.45, 2.75) is 24.2 Å². The number of fused-ring (bicyclic) bond motifs is 1. The summed E-state index contributed by atoms with van der Waals surface area (Å²) in [6.45, 7) is 0.953. The first-order valence-electron chi connectivity index (χ1n) is 9.09. The van der Waals surface area contributed by atoms with E-state index in [4.69, 9.17) is 11.6 Å². The van der Waals surface area contributed by atoms with Crippen molar-refractivity contribution in [2.24, 2.45) is 0 Å². The van der Waals surface area contributed by atoms with Crippen LogP contribution >= 0.6 is 11.6 Å². The highest BCUT2D eigenvalue weighted by atomic mass is 35.5. The van der Waals surface area contributed by atoms with Gasteiger partial charge >= 0.3 is 0 Å². The molecule has 4 rings (SSSR count). The summed E-state index contributed by atoms with van der Waals surface area (Å²) >= 11 is 5.88. The molecule has 0 atom stereocenters. The second-order valence-electron chi connectivity index (χ2n) is 6.93. The van der Waals surface area contributed by atoms with Crippen molar-refractivity contribution in [3.63, 3.8) is 0 Å². The molecule has 0 aromatic heterocycles. The fraction of sp³-hybridized carbons (Fsp3) is 0.250. The van der Waals surface area contributed by atoms with Crippen molar-refractivity contribution in [3.05, 3.63) is 64.2 Å². The number of hydrogen-bond donors (Lipinski definition) is 0. The Morgan fingerprint density at radius 1 is 1.00 bits per heavy atom. The van der Waals surface area contributed by atoms with Crippen LogP contribution in [0.3, 0.4) is 0 Å². The highest BCUT2D eigenvalue weighted by Crippen LogP contribution is 2.41. The average Bonchev–Trinajstić information content (AvgIpc) is 2.70. The molecule has 0 N–H and O–H groups in total. The number of nitrogens with zero attached hydrogens (tertiary/aromatic N) is 2. The van der Waals surface area contributed by atoms with Gasteiger partial charge in [-0.3, -0.25) is 4.79 Å².